The largest absolute Gasteiger partial charge is 0.469 e. The van der Waals surface area contributed by atoms with Crippen molar-refractivity contribution >= 4 is 35.0 Å². The number of rotatable bonds is 7. The van der Waals surface area contributed by atoms with E-state index in [1.807, 2.05) is 31.4 Å². The van der Waals surface area contributed by atoms with E-state index in [4.69, 9.17) is 4.42 Å². The predicted octanol–water partition coefficient (Wildman–Crippen LogP) is 3.94. The fourth-order valence-electron chi connectivity index (χ4n) is 2.77. The Morgan fingerprint density at radius 1 is 1.14 bits per heavy atom. The van der Waals surface area contributed by atoms with Crippen LogP contribution < -0.4 is 10.6 Å². The second-order valence-corrected chi connectivity index (χ2v) is 7.76. The number of anilines is 2. The zero-order chi connectivity index (χ0) is 21.0. The first-order valence-corrected chi connectivity index (χ1v) is 10.1. The molecule has 9 heteroatoms. The molecule has 1 atom stereocenters. The Kier molecular flexibility index (Phi) is 6.38. The van der Waals surface area contributed by atoms with Gasteiger partial charge in [0.05, 0.1) is 17.1 Å². The summed E-state index contributed by atoms with van der Waals surface area (Å²) < 4.78 is 7.33. The van der Waals surface area contributed by atoms with Gasteiger partial charge in [-0.15, -0.1) is 10.2 Å². The van der Waals surface area contributed by atoms with Gasteiger partial charge in [0.2, 0.25) is 11.8 Å². The highest BCUT2D eigenvalue weighted by Gasteiger charge is 2.21. The van der Waals surface area contributed by atoms with Gasteiger partial charge in [0.15, 0.2) is 11.0 Å². The lowest BCUT2D eigenvalue weighted by Gasteiger charge is -2.13. The van der Waals surface area contributed by atoms with Crippen LogP contribution in [0.2, 0.25) is 0 Å². The molecule has 0 bridgehead atoms. The molecule has 2 amide bonds. The SMILES string of the molecule is CCn1c(S[C@H](C)C(=O)Nc2ccc(NC(C)=O)cc2)nnc1-c1ccoc1C. The Balaban J connectivity index is 1.67. The molecule has 0 fully saturated rings. The first-order valence-electron chi connectivity index (χ1n) is 9.22. The lowest BCUT2D eigenvalue weighted by Crippen LogP contribution is -2.23. The van der Waals surface area contributed by atoms with Crippen LogP contribution in [0.25, 0.3) is 11.4 Å². The molecule has 0 radical (unpaired) electrons. The van der Waals surface area contributed by atoms with Crippen LogP contribution in [0, 0.1) is 6.92 Å². The maximum absolute atomic E-state index is 12.6. The number of amides is 2. The molecule has 3 aromatic rings. The van der Waals surface area contributed by atoms with Crippen LogP contribution in [-0.4, -0.2) is 31.8 Å². The Labute approximate surface area is 173 Å². The molecule has 29 heavy (non-hydrogen) atoms. The minimum atomic E-state index is -0.377. The van der Waals surface area contributed by atoms with Gasteiger partial charge in [0, 0.05) is 24.8 Å². The minimum Gasteiger partial charge on any atom is -0.469 e. The van der Waals surface area contributed by atoms with Crippen LogP contribution in [0.1, 0.15) is 26.5 Å². The molecule has 0 aliphatic rings. The zero-order valence-corrected chi connectivity index (χ0v) is 17.5. The van der Waals surface area contributed by atoms with Gasteiger partial charge in [-0.1, -0.05) is 11.8 Å². The summed E-state index contributed by atoms with van der Waals surface area (Å²) in [7, 11) is 0. The van der Waals surface area contributed by atoms with Crippen molar-refractivity contribution in [1.29, 1.82) is 0 Å². The summed E-state index contributed by atoms with van der Waals surface area (Å²) in [5, 5.41) is 14.4. The van der Waals surface area contributed by atoms with E-state index in [2.05, 4.69) is 20.8 Å². The zero-order valence-electron chi connectivity index (χ0n) is 16.7. The number of nitrogens with one attached hydrogen (secondary N) is 2. The number of aryl methyl sites for hydroxylation is 1. The highest BCUT2D eigenvalue weighted by molar-refractivity contribution is 8.00. The second-order valence-electron chi connectivity index (χ2n) is 6.45. The lowest BCUT2D eigenvalue weighted by atomic mass is 10.2. The smallest absolute Gasteiger partial charge is 0.237 e. The van der Waals surface area contributed by atoms with Crippen molar-refractivity contribution in [3.8, 4) is 11.4 Å². The van der Waals surface area contributed by atoms with Crippen molar-refractivity contribution in [3.63, 3.8) is 0 Å². The van der Waals surface area contributed by atoms with Gasteiger partial charge in [-0.05, 0) is 51.1 Å². The molecule has 3 rings (SSSR count). The number of furan rings is 1. The van der Waals surface area contributed by atoms with Crippen molar-refractivity contribution in [1.82, 2.24) is 14.8 Å². The first-order chi connectivity index (χ1) is 13.9. The fourth-order valence-corrected chi connectivity index (χ4v) is 3.69. The maximum Gasteiger partial charge on any atom is 0.237 e. The third-order valence-corrected chi connectivity index (χ3v) is 5.34. The van der Waals surface area contributed by atoms with Gasteiger partial charge in [0.1, 0.15) is 5.76 Å². The Bertz CT molecular complexity index is 1010. The van der Waals surface area contributed by atoms with Gasteiger partial charge in [0.25, 0.3) is 0 Å². The van der Waals surface area contributed by atoms with E-state index < -0.39 is 0 Å². The van der Waals surface area contributed by atoms with Crippen molar-refractivity contribution in [3.05, 3.63) is 42.4 Å². The Morgan fingerprint density at radius 2 is 1.79 bits per heavy atom. The Hall–Kier alpha value is -3.07. The van der Waals surface area contributed by atoms with Crippen LogP contribution in [0.4, 0.5) is 11.4 Å². The van der Waals surface area contributed by atoms with E-state index in [-0.39, 0.29) is 17.1 Å². The van der Waals surface area contributed by atoms with E-state index in [1.165, 1.54) is 18.7 Å². The Morgan fingerprint density at radius 3 is 2.34 bits per heavy atom. The van der Waals surface area contributed by atoms with Crippen LogP contribution in [0.5, 0.6) is 0 Å². The quantitative estimate of drug-likeness (QED) is 0.569. The standard InChI is InChI=1S/C20H23N5O3S/c1-5-25-18(17-10-11-28-12(17)2)23-24-20(25)29-13(3)19(27)22-16-8-6-15(7-9-16)21-14(4)26/h6-11,13H,5H2,1-4H3,(H,21,26)(H,22,27)/t13-/m1/s1. The van der Waals surface area contributed by atoms with Gasteiger partial charge in [-0.3, -0.25) is 9.59 Å². The number of thioether (sulfide) groups is 1. The van der Waals surface area contributed by atoms with Gasteiger partial charge >= 0.3 is 0 Å². The average molecular weight is 414 g/mol. The molecule has 0 saturated carbocycles. The van der Waals surface area contributed by atoms with Gasteiger partial charge in [-0.25, -0.2) is 0 Å². The molecule has 0 saturated heterocycles. The summed E-state index contributed by atoms with van der Waals surface area (Å²) in [4.78, 5) is 23.7. The van der Waals surface area contributed by atoms with E-state index in [1.54, 1.807) is 30.5 Å². The molecular formula is C20H23N5O3S. The molecule has 2 heterocycles. The van der Waals surface area contributed by atoms with Crippen LogP contribution in [-0.2, 0) is 16.1 Å². The summed E-state index contributed by atoms with van der Waals surface area (Å²) in [5.74, 6) is 1.21. The maximum atomic E-state index is 12.6. The molecule has 152 valence electrons. The molecule has 0 spiro atoms. The van der Waals surface area contributed by atoms with E-state index in [9.17, 15) is 9.59 Å². The molecule has 2 aromatic heterocycles. The van der Waals surface area contributed by atoms with E-state index in [0.717, 1.165) is 17.1 Å². The topological polar surface area (TPSA) is 102 Å². The summed E-state index contributed by atoms with van der Waals surface area (Å²) in [6.07, 6.45) is 1.62. The average Bonchev–Trinajstić information content (AvgIpc) is 3.28. The number of hydrogen-bond donors (Lipinski definition) is 2. The molecule has 0 unspecified atom stereocenters. The monoisotopic (exact) mass is 413 g/mol. The van der Waals surface area contributed by atoms with Crippen molar-refractivity contribution in [2.24, 2.45) is 0 Å². The molecular weight excluding hydrogens is 390 g/mol. The third-order valence-electron chi connectivity index (χ3n) is 4.26. The predicted molar refractivity (Wildman–Crippen MR) is 113 cm³/mol. The molecule has 8 nitrogen and oxygen atoms in total. The fraction of sp³-hybridized carbons (Fsp3) is 0.300. The van der Waals surface area contributed by atoms with Gasteiger partial charge < -0.3 is 19.6 Å². The van der Waals surface area contributed by atoms with Crippen molar-refractivity contribution < 1.29 is 14.0 Å². The first kappa shape index (κ1) is 20.7. The van der Waals surface area contributed by atoms with Gasteiger partial charge in [-0.2, -0.15) is 0 Å². The number of carbonyl (C=O) groups excluding carboxylic acids is 2. The van der Waals surface area contributed by atoms with Crippen LogP contribution >= 0.6 is 11.8 Å². The number of benzene rings is 1. The second kappa shape index (κ2) is 8.95. The molecule has 2 N–H and O–H groups in total. The van der Waals surface area contributed by atoms with Crippen molar-refractivity contribution in [2.75, 3.05) is 10.6 Å². The van der Waals surface area contributed by atoms with E-state index >= 15 is 0 Å². The molecule has 0 aliphatic heterocycles. The summed E-state index contributed by atoms with van der Waals surface area (Å²) in [6, 6.07) is 8.83. The molecule has 0 aliphatic carbocycles. The number of hydrogen-bond acceptors (Lipinski definition) is 6. The van der Waals surface area contributed by atoms with Crippen LogP contribution in [0.3, 0.4) is 0 Å². The number of carbonyl (C=O) groups is 2. The molecule has 1 aromatic carbocycles. The minimum absolute atomic E-state index is 0.142. The highest BCUT2D eigenvalue weighted by Crippen LogP contribution is 2.29. The van der Waals surface area contributed by atoms with Crippen LogP contribution in [0.15, 0.2) is 46.2 Å². The summed E-state index contributed by atoms with van der Waals surface area (Å²) in [6.45, 7) is 7.83. The third kappa shape index (κ3) is 4.86. The number of nitrogens with zero attached hydrogens (tertiary/aromatic N) is 3. The van der Waals surface area contributed by atoms with E-state index in [0.29, 0.717) is 23.1 Å². The lowest BCUT2D eigenvalue weighted by molar-refractivity contribution is -0.115. The summed E-state index contributed by atoms with van der Waals surface area (Å²) >= 11 is 1.35. The number of aromatic nitrogens is 3. The highest BCUT2D eigenvalue weighted by atomic mass is 32.2. The van der Waals surface area contributed by atoms with Crippen molar-refractivity contribution in [2.45, 2.75) is 44.6 Å². The summed E-state index contributed by atoms with van der Waals surface area (Å²) in [5.41, 5.74) is 2.22. The normalized spacial score (nSPS) is 11.9.